The molecule has 1 aromatic heterocycles. The van der Waals surface area contributed by atoms with Crippen molar-refractivity contribution in [3.63, 3.8) is 0 Å². The molecule has 86 valence electrons. The first kappa shape index (κ1) is 10.9. The summed E-state index contributed by atoms with van der Waals surface area (Å²) in [5, 5.41) is 8.79. The van der Waals surface area contributed by atoms with Crippen LogP contribution in [0.15, 0.2) is 22.6 Å². The van der Waals surface area contributed by atoms with Crippen molar-refractivity contribution in [1.82, 2.24) is 4.98 Å². The summed E-state index contributed by atoms with van der Waals surface area (Å²) in [5.41, 5.74) is 7.17. The zero-order valence-electron chi connectivity index (χ0n) is 9.01. The number of oxazole rings is 1. The predicted octanol–water partition coefficient (Wildman–Crippen LogP) is 1.22. The number of aromatic nitrogens is 1. The van der Waals surface area contributed by atoms with Crippen molar-refractivity contribution in [2.24, 2.45) is 5.73 Å². The van der Waals surface area contributed by atoms with Crippen LogP contribution in [0.2, 0.25) is 0 Å². The Morgan fingerprint density at radius 2 is 2.38 bits per heavy atom. The van der Waals surface area contributed by atoms with Crippen LogP contribution in [0.25, 0.3) is 11.1 Å². The second kappa shape index (κ2) is 4.51. The lowest BCUT2D eigenvalue weighted by Gasteiger charge is -2.02. The summed E-state index contributed by atoms with van der Waals surface area (Å²) in [6, 6.07) is 5.00. The molecule has 16 heavy (non-hydrogen) atoms. The van der Waals surface area contributed by atoms with Gasteiger partial charge in [0.05, 0.1) is 13.2 Å². The van der Waals surface area contributed by atoms with Crippen LogP contribution in [-0.4, -0.2) is 23.8 Å². The number of fused-ring (bicyclic) bond motifs is 1. The molecule has 0 saturated carbocycles. The summed E-state index contributed by atoms with van der Waals surface area (Å²) in [6.45, 7) is 0.0171. The van der Waals surface area contributed by atoms with Gasteiger partial charge < -0.3 is 20.0 Å². The van der Waals surface area contributed by atoms with Gasteiger partial charge in [0.25, 0.3) is 0 Å². The number of aliphatic hydroxyl groups is 1. The Kier molecular flexibility index (Phi) is 3.07. The molecule has 0 aliphatic heterocycles. The zero-order chi connectivity index (χ0) is 11.5. The number of hydrogen-bond donors (Lipinski definition) is 2. The molecular weight excluding hydrogens is 208 g/mol. The van der Waals surface area contributed by atoms with Gasteiger partial charge in [0.15, 0.2) is 5.58 Å². The zero-order valence-corrected chi connectivity index (χ0v) is 9.01. The lowest BCUT2D eigenvalue weighted by atomic mass is 10.2. The SMILES string of the molecule is COc1ccc2oc(C(N)CCO)nc2c1. The van der Waals surface area contributed by atoms with E-state index in [1.165, 1.54) is 0 Å². The molecule has 5 heteroatoms. The molecular formula is C11H14N2O3. The van der Waals surface area contributed by atoms with Gasteiger partial charge in [0.2, 0.25) is 5.89 Å². The van der Waals surface area contributed by atoms with E-state index in [1.807, 2.05) is 0 Å². The van der Waals surface area contributed by atoms with Gasteiger partial charge in [0, 0.05) is 12.7 Å². The molecule has 0 fully saturated rings. The third kappa shape index (κ3) is 2.00. The minimum atomic E-state index is -0.372. The molecule has 0 amide bonds. The largest absolute Gasteiger partial charge is 0.497 e. The van der Waals surface area contributed by atoms with E-state index in [0.717, 1.165) is 5.75 Å². The maximum Gasteiger partial charge on any atom is 0.212 e. The molecule has 3 N–H and O–H groups in total. The summed E-state index contributed by atoms with van der Waals surface area (Å²) in [6.07, 6.45) is 0.434. The summed E-state index contributed by atoms with van der Waals surface area (Å²) in [5.74, 6) is 1.17. The fourth-order valence-corrected chi connectivity index (χ4v) is 1.47. The summed E-state index contributed by atoms with van der Waals surface area (Å²) >= 11 is 0. The lowest BCUT2D eigenvalue weighted by molar-refractivity contribution is 0.268. The van der Waals surface area contributed by atoms with Crippen molar-refractivity contribution >= 4 is 11.1 Å². The molecule has 1 heterocycles. The molecule has 0 radical (unpaired) electrons. The van der Waals surface area contributed by atoms with Gasteiger partial charge in [-0.3, -0.25) is 0 Å². The second-order valence-electron chi connectivity index (χ2n) is 3.50. The van der Waals surface area contributed by atoms with Gasteiger partial charge in [0.1, 0.15) is 11.3 Å². The normalized spacial score (nSPS) is 12.9. The Balaban J connectivity index is 2.35. The Bertz CT molecular complexity index is 481. The molecule has 0 bridgehead atoms. The van der Waals surface area contributed by atoms with Gasteiger partial charge in [-0.1, -0.05) is 0 Å². The van der Waals surface area contributed by atoms with Gasteiger partial charge in [-0.05, 0) is 18.6 Å². The van der Waals surface area contributed by atoms with Gasteiger partial charge in [-0.2, -0.15) is 0 Å². The highest BCUT2D eigenvalue weighted by Crippen LogP contribution is 2.24. The number of aliphatic hydroxyl groups excluding tert-OH is 1. The highest BCUT2D eigenvalue weighted by Gasteiger charge is 2.13. The summed E-state index contributed by atoms with van der Waals surface area (Å²) in [4.78, 5) is 4.26. The monoisotopic (exact) mass is 222 g/mol. The van der Waals surface area contributed by atoms with Crippen LogP contribution in [0, 0.1) is 0 Å². The van der Waals surface area contributed by atoms with Crippen LogP contribution < -0.4 is 10.5 Å². The van der Waals surface area contributed by atoms with Crippen molar-refractivity contribution < 1.29 is 14.3 Å². The third-order valence-corrected chi connectivity index (χ3v) is 2.37. The van der Waals surface area contributed by atoms with Crippen LogP contribution >= 0.6 is 0 Å². The summed E-state index contributed by atoms with van der Waals surface area (Å²) in [7, 11) is 1.60. The maximum absolute atomic E-state index is 8.79. The van der Waals surface area contributed by atoms with E-state index in [4.69, 9.17) is 20.0 Å². The van der Waals surface area contributed by atoms with Crippen molar-refractivity contribution in [2.45, 2.75) is 12.5 Å². The standard InChI is InChI=1S/C11H14N2O3/c1-15-7-2-3-10-9(6-7)13-11(16-10)8(12)4-5-14/h2-3,6,8,14H,4-5,12H2,1H3. The quantitative estimate of drug-likeness (QED) is 0.812. The Morgan fingerprint density at radius 3 is 3.06 bits per heavy atom. The molecule has 0 aliphatic carbocycles. The molecule has 5 nitrogen and oxygen atoms in total. The smallest absolute Gasteiger partial charge is 0.212 e. The predicted molar refractivity (Wildman–Crippen MR) is 59.2 cm³/mol. The van der Waals surface area contributed by atoms with Crippen molar-refractivity contribution in [2.75, 3.05) is 13.7 Å². The van der Waals surface area contributed by atoms with Crippen LogP contribution in [0.4, 0.5) is 0 Å². The molecule has 2 rings (SSSR count). The number of nitrogens with two attached hydrogens (primary N) is 1. The number of methoxy groups -OCH3 is 1. The van der Waals surface area contributed by atoms with Gasteiger partial charge >= 0.3 is 0 Å². The minimum Gasteiger partial charge on any atom is -0.497 e. The van der Waals surface area contributed by atoms with Crippen LogP contribution in [-0.2, 0) is 0 Å². The van der Waals surface area contributed by atoms with E-state index >= 15 is 0 Å². The highest BCUT2D eigenvalue weighted by atomic mass is 16.5. The first-order chi connectivity index (χ1) is 7.74. The fourth-order valence-electron chi connectivity index (χ4n) is 1.47. The fraction of sp³-hybridized carbons (Fsp3) is 0.364. The van der Waals surface area contributed by atoms with E-state index in [1.54, 1.807) is 25.3 Å². The number of hydrogen-bond acceptors (Lipinski definition) is 5. The molecule has 0 saturated heterocycles. The van der Waals surface area contributed by atoms with Crippen molar-refractivity contribution in [1.29, 1.82) is 0 Å². The average molecular weight is 222 g/mol. The molecule has 0 spiro atoms. The lowest BCUT2D eigenvalue weighted by Crippen LogP contribution is -2.11. The van der Waals surface area contributed by atoms with E-state index < -0.39 is 0 Å². The Morgan fingerprint density at radius 1 is 1.56 bits per heavy atom. The van der Waals surface area contributed by atoms with Crippen LogP contribution in [0.1, 0.15) is 18.4 Å². The molecule has 1 unspecified atom stereocenters. The van der Waals surface area contributed by atoms with Crippen molar-refractivity contribution in [3.8, 4) is 5.75 Å². The van der Waals surface area contributed by atoms with E-state index in [-0.39, 0.29) is 12.6 Å². The van der Waals surface area contributed by atoms with Crippen molar-refractivity contribution in [3.05, 3.63) is 24.1 Å². The van der Waals surface area contributed by atoms with E-state index in [0.29, 0.717) is 23.4 Å². The molecule has 1 aromatic carbocycles. The average Bonchev–Trinajstić information content (AvgIpc) is 2.71. The van der Waals surface area contributed by atoms with Crippen LogP contribution in [0.3, 0.4) is 0 Å². The molecule has 1 atom stereocenters. The van der Waals surface area contributed by atoms with E-state index in [9.17, 15) is 0 Å². The maximum atomic E-state index is 8.79. The number of nitrogens with zero attached hydrogens (tertiary/aromatic N) is 1. The number of ether oxygens (including phenoxy) is 1. The summed E-state index contributed by atoms with van der Waals surface area (Å²) < 4.78 is 10.6. The van der Waals surface area contributed by atoms with Gasteiger partial charge in [-0.15, -0.1) is 0 Å². The van der Waals surface area contributed by atoms with Crippen LogP contribution in [0.5, 0.6) is 5.75 Å². The first-order valence-corrected chi connectivity index (χ1v) is 5.05. The molecule has 2 aromatic rings. The second-order valence-corrected chi connectivity index (χ2v) is 3.50. The highest BCUT2D eigenvalue weighted by molar-refractivity contribution is 5.74. The Hall–Kier alpha value is -1.59. The third-order valence-electron chi connectivity index (χ3n) is 2.37. The Labute approximate surface area is 92.8 Å². The number of rotatable bonds is 4. The topological polar surface area (TPSA) is 81.5 Å². The molecule has 0 aliphatic rings. The number of benzene rings is 1. The minimum absolute atomic E-state index is 0.0171. The first-order valence-electron chi connectivity index (χ1n) is 5.05. The van der Waals surface area contributed by atoms with E-state index in [2.05, 4.69) is 4.98 Å². The van der Waals surface area contributed by atoms with Gasteiger partial charge in [-0.25, -0.2) is 4.98 Å².